The predicted octanol–water partition coefficient (Wildman–Crippen LogP) is 4.05. The number of benzene rings is 2. The molecule has 0 saturated carbocycles. The van der Waals surface area contributed by atoms with Gasteiger partial charge in [-0.1, -0.05) is 51.1 Å². The maximum absolute atomic E-state index is 5.68. The molecular weight excluding hydrogens is 264 g/mol. The summed E-state index contributed by atoms with van der Waals surface area (Å²) in [6.45, 7) is 6.44. The molecule has 101 valence electrons. The van der Waals surface area contributed by atoms with Gasteiger partial charge in [-0.05, 0) is 22.9 Å². The Hall–Kier alpha value is -1.87. The number of carbonyl (C=O) groups excluding carboxylic acids is 1. The fraction of sp³-hybridized carbons (Fsp3) is 0.235. The van der Waals surface area contributed by atoms with E-state index >= 15 is 0 Å². The minimum absolute atomic E-state index is 0.00111. The molecule has 2 aromatic carbocycles. The summed E-state index contributed by atoms with van der Waals surface area (Å²) in [5.41, 5.74) is 1.10. The normalized spacial score (nSPS) is 15.2. The predicted molar refractivity (Wildman–Crippen MR) is 82.7 cm³/mol. The second kappa shape index (κ2) is 4.91. The lowest BCUT2D eigenvalue weighted by molar-refractivity contribution is -0.109. The largest absolute Gasteiger partial charge is 0.632 e. The number of fused-ring (bicyclic) bond motifs is 1. The topological polar surface area (TPSA) is 20.5 Å². The van der Waals surface area contributed by atoms with Gasteiger partial charge >= 0.3 is 10.0 Å². The van der Waals surface area contributed by atoms with Gasteiger partial charge in [-0.15, -0.1) is 0 Å². The highest BCUT2D eigenvalue weighted by Gasteiger charge is 2.23. The SMILES string of the molecule is CC(C)(C)C1=CC(c2ccc3ccccc3c2)=[O+][Si-]O1. The molecule has 1 heterocycles. The second-order valence-corrected chi connectivity index (χ2v) is 6.55. The van der Waals surface area contributed by atoms with E-state index in [1.807, 2.05) is 6.08 Å². The molecule has 0 N–H and O–H groups in total. The van der Waals surface area contributed by atoms with E-state index < -0.39 is 0 Å². The molecule has 0 aromatic heterocycles. The summed E-state index contributed by atoms with van der Waals surface area (Å²) >= 11 is 0. The van der Waals surface area contributed by atoms with E-state index in [9.17, 15) is 0 Å². The van der Waals surface area contributed by atoms with E-state index in [0.29, 0.717) is 0 Å². The van der Waals surface area contributed by atoms with Gasteiger partial charge in [-0.3, -0.25) is 0 Å². The smallest absolute Gasteiger partial charge is 0.424 e. The quantitative estimate of drug-likeness (QED) is 0.570. The van der Waals surface area contributed by atoms with Crippen molar-refractivity contribution in [3.05, 3.63) is 59.9 Å². The van der Waals surface area contributed by atoms with Gasteiger partial charge in [0.2, 0.25) is 0 Å². The van der Waals surface area contributed by atoms with E-state index in [-0.39, 0.29) is 15.4 Å². The molecule has 3 heteroatoms. The van der Waals surface area contributed by atoms with Crippen LogP contribution in [-0.4, -0.2) is 15.8 Å². The molecular formula is C17H17O2Si. The highest BCUT2D eigenvalue weighted by Crippen LogP contribution is 2.28. The lowest BCUT2D eigenvalue weighted by Gasteiger charge is -2.27. The van der Waals surface area contributed by atoms with Crippen LogP contribution in [0, 0.1) is 5.41 Å². The zero-order valence-corrected chi connectivity index (χ0v) is 12.9. The van der Waals surface area contributed by atoms with E-state index in [1.165, 1.54) is 10.8 Å². The van der Waals surface area contributed by atoms with E-state index in [4.69, 9.17) is 8.54 Å². The van der Waals surface area contributed by atoms with Crippen molar-refractivity contribution in [1.29, 1.82) is 0 Å². The molecule has 3 rings (SSSR count). The monoisotopic (exact) mass is 281 g/mol. The lowest BCUT2D eigenvalue weighted by atomic mass is 9.92. The number of rotatable bonds is 1. The van der Waals surface area contributed by atoms with Gasteiger partial charge < -0.3 is 8.54 Å². The number of ketones is 1. The maximum atomic E-state index is 5.68. The van der Waals surface area contributed by atoms with E-state index in [2.05, 4.69) is 63.2 Å². The number of allylic oxidation sites excluding steroid dienone is 2. The third-order valence-corrected chi connectivity index (χ3v) is 3.95. The highest BCUT2D eigenvalue weighted by molar-refractivity contribution is 6.22. The van der Waals surface area contributed by atoms with Crippen molar-refractivity contribution in [2.24, 2.45) is 5.41 Å². The average molecular weight is 281 g/mol. The summed E-state index contributed by atoms with van der Waals surface area (Å²) in [6, 6.07) is 14.7. The first kappa shape index (κ1) is 13.1. The van der Waals surface area contributed by atoms with Gasteiger partial charge in [-0.2, -0.15) is 0 Å². The molecule has 0 fully saturated rings. The van der Waals surface area contributed by atoms with Crippen LogP contribution in [0.1, 0.15) is 30.4 Å². The first-order valence-electron chi connectivity index (χ1n) is 6.71. The Morgan fingerprint density at radius 3 is 2.50 bits per heavy atom. The van der Waals surface area contributed by atoms with Crippen molar-refractivity contribution in [3.8, 4) is 0 Å². The first-order valence-corrected chi connectivity index (χ1v) is 7.53. The van der Waals surface area contributed by atoms with Crippen molar-refractivity contribution >= 4 is 26.6 Å². The van der Waals surface area contributed by atoms with Crippen molar-refractivity contribution in [3.63, 3.8) is 0 Å². The highest BCUT2D eigenvalue weighted by atomic mass is 28.2. The summed E-state index contributed by atoms with van der Waals surface area (Å²) in [6.07, 6.45) is 2.01. The number of hydrogen-bond donors (Lipinski definition) is 0. The van der Waals surface area contributed by atoms with Crippen LogP contribution >= 0.6 is 0 Å². The van der Waals surface area contributed by atoms with E-state index in [0.717, 1.165) is 17.1 Å². The van der Waals surface area contributed by atoms with Crippen LogP contribution in [0.3, 0.4) is 0 Å². The molecule has 0 unspecified atom stereocenters. The molecule has 0 atom stereocenters. The minimum Gasteiger partial charge on any atom is -0.632 e. The molecule has 0 saturated heterocycles. The zero-order chi connectivity index (χ0) is 14.2. The average Bonchev–Trinajstić information content (AvgIpc) is 2.46. The van der Waals surface area contributed by atoms with Gasteiger partial charge in [0.15, 0.2) is 0 Å². The molecule has 0 spiro atoms. The van der Waals surface area contributed by atoms with Crippen molar-refractivity contribution in [2.45, 2.75) is 20.8 Å². The Balaban J connectivity index is 2.03. The van der Waals surface area contributed by atoms with Crippen LogP contribution in [-0.2, 0) is 4.43 Å². The van der Waals surface area contributed by atoms with Gasteiger partial charge in [0.05, 0.1) is 17.4 Å². The fourth-order valence-electron chi connectivity index (χ4n) is 2.14. The zero-order valence-electron chi connectivity index (χ0n) is 11.9. The summed E-state index contributed by atoms with van der Waals surface area (Å²) in [7, 11) is 0.0330. The Kier molecular flexibility index (Phi) is 3.22. The molecule has 0 amide bonds. The van der Waals surface area contributed by atoms with Crippen molar-refractivity contribution in [1.82, 2.24) is 0 Å². The standard InChI is InChI=1S/C17H17O2Si/c1-17(2,3)16-11-15(18-20-19-16)14-9-8-12-6-4-5-7-13(12)10-14/h4-11H,1-3H3. The maximum Gasteiger partial charge on any atom is 0.424 e. The fourth-order valence-corrected chi connectivity index (χ4v) is 2.91. The van der Waals surface area contributed by atoms with Gasteiger partial charge in [-0.25, -0.2) is 0 Å². The molecule has 0 aliphatic carbocycles. The van der Waals surface area contributed by atoms with Crippen LogP contribution in [0.25, 0.3) is 10.8 Å². The van der Waals surface area contributed by atoms with Gasteiger partial charge in [0.1, 0.15) is 0 Å². The summed E-state index contributed by atoms with van der Waals surface area (Å²) in [5.74, 6) is 1.87. The molecule has 20 heavy (non-hydrogen) atoms. The van der Waals surface area contributed by atoms with Crippen LogP contribution in [0.5, 0.6) is 0 Å². The molecule has 1 aliphatic rings. The second-order valence-electron chi connectivity index (χ2n) is 5.97. The molecule has 1 aliphatic heterocycles. The van der Waals surface area contributed by atoms with Gasteiger partial charge in [0.25, 0.3) is 5.78 Å². The van der Waals surface area contributed by atoms with Gasteiger partial charge in [0, 0.05) is 5.41 Å². The number of hydrogen-bond acceptors (Lipinski definition) is 1. The lowest BCUT2D eigenvalue weighted by Crippen LogP contribution is -2.20. The third-order valence-electron chi connectivity index (χ3n) is 3.34. The molecule has 2 aromatic rings. The third kappa shape index (κ3) is 2.54. The minimum atomic E-state index is -0.00111. The molecule has 2 nitrogen and oxygen atoms in total. The van der Waals surface area contributed by atoms with Crippen LogP contribution < -0.4 is 0 Å². The van der Waals surface area contributed by atoms with Crippen molar-refractivity contribution in [2.75, 3.05) is 0 Å². The summed E-state index contributed by atoms with van der Waals surface area (Å²) in [5, 5.41) is 2.47. The Morgan fingerprint density at radius 2 is 1.75 bits per heavy atom. The van der Waals surface area contributed by atoms with Crippen LogP contribution in [0.2, 0.25) is 0 Å². The summed E-state index contributed by atoms with van der Waals surface area (Å²) in [4.78, 5) is 0. The molecule has 0 bridgehead atoms. The van der Waals surface area contributed by atoms with Crippen LogP contribution in [0.15, 0.2) is 54.3 Å². The van der Waals surface area contributed by atoms with Crippen molar-refractivity contribution < 1.29 is 8.54 Å². The Bertz CT molecular complexity index is 708. The molecule has 1 radical (unpaired) electrons. The Morgan fingerprint density at radius 1 is 1.00 bits per heavy atom. The first-order chi connectivity index (χ1) is 9.54. The van der Waals surface area contributed by atoms with Crippen LogP contribution in [0.4, 0.5) is 0 Å². The summed E-state index contributed by atoms with van der Waals surface area (Å²) < 4.78 is 11.3. The Labute approximate surface area is 121 Å². The van der Waals surface area contributed by atoms with E-state index in [1.54, 1.807) is 0 Å².